The Morgan fingerprint density at radius 3 is 2.85 bits per heavy atom. The van der Waals surface area contributed by atoms with Crippen molar-refractivity contribution in [3.63, 3.8) is 0 Å². The topological polar surface area (TPSA) is 71.0 Å². The molecular formula is C14H16N4O2. The molecule has 1 aromatic carbocycles. The summed E-state index contributed by atoms with van der Waals surface area (Å²) in [5.74, 6) is 0.00191. The molecule has 2 heterocycles. The van der Waals surface area contributed by atoms with Crippen molar-refractivity contribution in [2.75, 3.05) is 6.54 Å². The minimum atomic E-state index is -0.320. The van der Waals surface area contributed by atoms with Crippen molar-refractivity contribution in [3.8, 4) is 0 Å². The van der Waals surface area contributed by atoms with Crippen molar-refractivity contribution in [2.24, 2.45) is 0 Å². The standard InChI is InChI=1S/C14H16N4O2/c1-9-3-4-10(2)11(7-9)8-17-5-6-18-12(13(17)19)15-16-14(18)20/h3-4,7H,5-6,8H2,1-2H3,(H,16,20). The molecule has 6 heteroatoms. The second-order valence-electron chi connectivity index (χ2n) is 5.16. The molecule has 1 aliphatic heterocycles. The van der Waals surface area contributed by atoms with Gasteiger partial charge in [0.15, 0.2) is 0 Å². The number of carbonyl (C=O) groups excluding carboxylic acids is 1. The van der Waals surface area contributed by atoms with Crippen molar-refractivity contribution in [3.05, 3.63) is 51.2 Å². The number of nitrogens with zero attached hydrogens (tertiary/aromatic N) is 3. The molecule has 1 aliphatic rings. The molecule has 20 heavy (non-hydrogen) atoms. The number of carbonyl (C=O) groups is 1. The summed E-state index contributed by atoms with van der Waals surface area (Å²) in [6.07, 6.45) is 0. The summed E-state index contributed by atoms with van der Waals surface area (Å²) in [5.41, 5.74) is 3.14. The lowest BCUT2D eigenvalue weighted by Crippen LogP contribution is -2.42. The predicted molar refractivity (Wildman–Crippen MR) is 73.5 cm³/mol. The van der Waals surface area contributed by atoms with E-state index in [9.17, 15) is 9.59 Å². The van der Waals surface area contributed by atoms with Gasteiger partial charge in [0, 0.05) is 19.6 Å². The summed E-state index contributed by atoms with van der Waals surface area (Å²) in [4.78, 5) is 25.5. The lowest BCUT2D eigenvalue weighted by molar-refractivity contribution is 0.0681. The van der Waals surface area contributed by atoms with Gasteiger partial charge in [-0.05, 0) is 25.0 Å². The van der Waals surface area contributed by atoms with Gasteiger partial charge in [0.1, 0.15) is 0 Å². The highest BCUT2D eigenvalue weighted by molar-refractivity contribution is 5.91. The Morgan fingerprint density at radius 2 is 2.05 bits per heavy atom. The summed E-state index contributed by atoms with van der Waals surface area (Å²) in [5, 5.41) is 6.13. The van der Waals surface area contributed by atoms with Crippen LogP contribution in [0.3, 0.4) is 0 Å². The molecule has 1 N–H and O–H groups in total. The summed E-state index contributed by atoms with van der Waals surface area (Å²) in [6, 6.07) is 6.21. The Morgan fingerprint density at radius 1 is 1.25 bits per heavy atom. The maximum absolute atomic E-state index is 12.3. The number of benzene rings is 1. The number of hydrogen-bond donors (Lipinski definition) is 1. The van der Waals surface area contributed by atoms with Crippen LogP contribution in [0.4, 0.5) is 0 Å². The van der Waals surface area contributed by atoms with Crippen LogP contribution < -0.4 is 5.69 Å². The van der Waals surface area contributed by atoms with Gasteiger partial charge in [-0.3, -0.25) is 9.36 Å². The zero-order chi connectivity index (χ0) is 14.3. The van der Waals surface area contributed by atoms with Gasteiger partial charge in [0.05, 0.1) is 0 Å². The summed E-state index contributed by atoms with van der Waals surface area (Å²) in [7, 11) is 0. The Balaban J connectivity index is 1.88. The largest absolute Gasteiger partial charge is 0.343 e. The van der Waals surface area contributed by atoms with E-state index in [4.69, 9.17) is 0 Å². The van der Waals surface area contributed by atoms with Gasteiger partial charge in [0.2, 0.25) is 5.82 Å². The number of hydrogen-bond acceptors (Lipinski definition) is 3. The third-order valence-electron chi connectivity index (χ3n) is 3.70. The number of aryl methyl sites for hydroxylation is 2. The van der Waals surface area contributed by atoms with Gasteiger partial charge in [0.25, 0.3) is 5.91 Å². The van der Waals surface area contributed by atoms with Crippen molar-refractivity contribution in [1.29, 1.82) is 0 Å². The van der Waals surface area contributed by atoms with E-state index in [1.165, 1.54) is 10.1 Å². The fourth-order valence-electron chi connectivity index (χ4n) is 2.48. The third-order valence-corrected chi connectivity index (χ3v) is 3.70. The molecule has 3 rings (SSSR count). The van der Waals surface area contributed by atoms with Crippen LogP contribution in [0.5, 0.6) is 0 Å². The van der Waals surface area contributed by atoms with Crippen molar-refractivity contribution < 1.29 is 4.79 Å². The first-order valence-electron chi connectivity index (χ1n) is 6.57. The first kappa shape index (κ1) is 12.7. The maximum atomic E-state index is 12.3. The number of amides is 1. The van der Waals surface area contributed by atoms with Crippen LogP contribution in [0.2, 0.25) is 0 Å². The monoisotopic (exact) mass is 272 g/mol. The molecular weight excluding hydrogens is 256 g/mol. The van der Waals surface area contributed by atoms with E-state index in [-0.39, 0.29) is 17.4 Å². The normalized spacial score (nSPS) is 14.5. The number of nitrogens with one attached hydrogen (secondary N) is 1. The van der Waals surface area contributed by atoms with Crippen molar-refractivity contribution in [2.45, 2.75) is 26.9 Å². The van der Waals surface area contributed by atoms with Crippen LogP contribution in [0.15, 0.2) is 23.0 Å². The predicted octanol–water partition coefficient (Wildman–Crippen LogP) is 0.844. The molecule has 0 bridgehead atoms. The van der Waals surface area contributed by atoms with E-state index in [1.807, 2.05) is 13.8 Å². The van der Waals surface area contributed by atoms with Crippen molar-refractivity contribution >= 4 is 5.91 Å². The molecule has 0 atom stereocenters. The molecule has 0 spiro atoms. The van der Waals surface area contributed by atoms with Crippen LogP contribution in [-0.4, -0.2) is 32.1 Å². The van der Waals surface area contributed by atoms with Gasteiger partial charge in [-0.2, -0.15) is 0 Å². The average Bonchev–Trinajstić information content (AvgIpc) is 2.79. The minimum Gasteiger partial charge on any atom is -0.330 e. The molecule has 0 saturated carbocycles. The molecule has 1 aromatic heterocycles. The number of aromatic amines is 1. The second kappa shape index (κ2) is 4.63. The minimum absolute atomic E-state index is 0.199. The number of rotatable bonds is 2. The van der Waals surface area contributed by atoms with E-state index in [0.29, 0.717) is 19.6 Å². The quantitative estimate of drug-likeness (QED) is 0.880. The first-order valence-corrected chi connectivity index (χ1v) is 6.57. The Labute approximate surface area is 116 Å². The Kier molecular flexibility index (Phi) is 2.93. The third kappa shape index (κ3) is 2.03. The maximum Gasteiger partial charge on any atom is 0.343 e. The highest BCUT2D eigenvalue weighted by atomic mass is 16.2. The smallest absolute Gasteiger partial charge is 0.330 e. The number of fused-ring (bicyclic) bond motifs is 1. The number of aromatic nitrogens is 3. The zero-order valence-electron chi connectivity index (χ0n) is 11.5. The van der Waals surface area contributed by atoms with E-state index in [0.717, 1.165) is 11.1 Å². The van der Waals surface area contributed by atoms with Gasteiger partial charge in [-0.15, -0.1) is 5.10 Å². The van der Waals surface area contributed by atoms with E-state index < -0.39 is 0 Å². The van der Waals surface area contributed by atoms with Gasteiger partial charge in [-0.1, -0.05) is 23.8 Å². The summed E-state index contributed by atoms with van der Waals surface area (Å²) >= 11 is 0. The van der Waals surface area contributed by atoms with Crippen LogP contribution >= 0.6 is 0 Å². The lowest BCUT2D eigenvalue weighted by atomic mass is 10.0. The molecule has 104 valence electrons. The van der Waals surface area contributed by atoms with E-state index in [1.54, 1.807) is 4.90 Å². The van der Waals surface area contributed by atoms with E-state index >= 15 is 0 Å². The fourth-order valence-corrected chi connectivity index (χ4v) is 2.48. The van der Waals surface area contributed by atoms with Gasteiger partial charge in [-0.25, -0.2) is 9.89 Å². The molecule has 0 saturated heterocycles. The first-order chi connectivity index (χ1) is 9.56. The van der Waals surface area contributed by atoms with Crippen LogP contribution in [-0.2, 0) is 13.1 Å². The zero-order valence-corrected chi connectivity index (χ0v) is 11.5. The molecule has 2 aromatic rings. The molecule has 1 amide bonds. The molecule has 6 nitrogen and oxygen atoms in total. The van der Waals surface area contributed by atoms with E-state index in [2.05, 4.69) is 28.4 Å². The summed E-state index contributed by atoms with van der Waals surface area (Å²) < 4.78 is 1.39. The second-order valence-corrected chi connectivity index (χ2v) is 5.16. The SMILES string of the molecule is Cc1ccc(C)c(CN2CCn3c(n[nH]c3=O)C2=O)c1. The Hall–Kier alpha value is -2.37. The average molecular weight is 272 g/mol. The fraction of sp³-hybridized carbons (Fsp3) is 0.357. The highest BCUT2D eigenvalue weighted by Crippen LogP contribution is 2.16. The van der Waals surface area contributed by atoms with Crippen LogP contribution in [0.1, 0.15) is 27.3 Å². The van der Waals surface area contributed by atoms with Crippen molar-refractivity contribution in [1.82, 2.24) is 19.7 Å². The van der Waals surface area contributed by atoms with Gasteiger partial charge >= 0.3 is 5.69 Å². The number of H-pyrrole nitrogens is 1. The molecule has 0 aliphatic carbocycles. The molecule has 0 fully saturated rings. The van der Waals surface area contributed by atoms with Gasteiger partial charge < -0.3 is 4.90 Å². The Bertz CT molecular complexity index is 729. The van der Waals surface area contributed by atoms with Crippen LogP contribution in [0.25, 0.3) is 0 Å². The lowest BCUT2D eigenvalue weighted by Gasteiger charge is -2.27. The summed E-state index contributed by atoms with van der Waals surface area (Å²) in [6.45, 7) is 5.63. The highest BCUT2D eigenvalue weighted by Gasteiger charge is 2.27. The molecule has 0 unspecified atom stereocenters. The molecule has 0 radical (unpaired) electrons. The van der Waals surface area contributed by atoms with Crippen LogP contribution in [0, 0.1) is 13.8 Å².